The minimum absolute atomic E-state index is 0.202. The first-order chi connectivity index (χ1) is 9.47. The first-order valence-electron chi connectivity index (χ1n) is 7.13. The van der Waals surface area contributed by atoms with Crippen molar-refractivity contribution < 1.29 is 0 Å². The molecule has 0 amide bonds. The molecule has 0 radical (unpaired) electrons. The van der Waals surface area contributed by atoms with Crippen molar-refractivity contribution >= 4 is 5.71 Å². The van der Waals surface area contributed by atoms with E-state index < -0.39 is 0 Å². The summed E-state index contributed by atoms with van der Waals surface area (Å²) >= 11 is 0. The molecule has 0 bridgehead atoms. The van der Waals surface area contributed by atoms with Crippen molar-refractivity contribution in [1.82, 2.24) is 0 Å². The Morgan fingerprint density at radius 2 is 1.50 bits per heavy atom. The van der Waals surface area contributed by atoms with Crippen LogP contribution in [-0.4, -0.2) is 5.71 Å². The zero-order valence-corrected chi connectivity index (χ0v) is 12.9. The molecule has 0 saturated carbocycles. The van der Waals surface area contributed by atoms with Crippen molar-refractivity contribution in [2.24, 2.45) is 4.99 Å². The SMILES string of the molecule is C/C(=N\Cc1ccccc1)c1ccc(C(C)(C)C)cc1. The summed E-state index contributed by atoms with van der Waals surface area (Å²) in [7, 11) is 0. The first-order valence-corrected chi connectivity index (χ1v) is 7.13. The van der Waals surface area contributed by atoms with E-state index in [-0.39, 0.29) is 5.41 Å². The van der Waals surface area contributed by atoms with Gasteiger partial charge in [-0.3, -0.25) is 4.99 Å². The summed E-state index contributed by atoms with van der Waals surface area (Å²) in [5, 5.41) is 0. The summed E-state index contributed by atoms with van der Waals surface area (Å²) in [4.78, 5) is 4.67. The van der Waals surface area contributed by atoms with Gasteiger partial charge in [-0.1, -0.05) is 75.4 Å². The maximum atomic E-state index is 4.67. The Labute approximate surface area is 122 Å². The van der Waals surface area contributed by atoms with Gasteiger partial charge in [-0.2, -0.15) is 0 Å². The molecule has 0 aliphatic heterocycles. The van der Waals surface area contributed by atoms with Crippen LogP contribution in [0.4, 0.5) is 0 Å². The van der Waals surface area contributed by atoms with Gasteiger partial charge in [-0.25, -0.2) is 0 Å². The van der Waals surface area contributed by atoms with Crippen LogP contribution in [0.3, 0.4) is 0 Å². The Morgan fingerprint density at radius 1 is 0.900 bits per heavy atom. The second-order valence-electron chi connectivity index (χ2n) is 6.21. The van der Waals surface area contributed by atoms with Gasteiger partial charge in [0, 0.05) is 5.71 Å². The van der Waals surface area contributed by atoms with Crippen molar-refractivity contribution in [1.29, 1.82) is 0 Å². The van der Waals surface area contributed by atoms with Gasteiger partial charge in [0.1, 0.15) is 0 Å². The molecule has 2 aromatic rings. The van der Waals surface area contributed by atoms with Crippen LogP contribution in [0.5, 0.6) is 0 Å². The zero-order chi connectivity index (χ0) is 14.6. The summed E-state index contributed by atoms with van der Waals surface area (Å²) in [6.45, 7) is 9.53. The molecule has 0 unspecified atom stereocenters. The van der Waals surface area contributed by atoms with Gasteiger partial charge in [0.25, 0.3) is 0 Å². The van der Waals surface area contributed by atoms with Gasteiger partial charge >= 0.3 is 0 Å². The van der Waals surface area contributed by atoms with Gasteiger partial charge in [-0.15, -0.1) is 0 Å². The molecule has 1 nitrogen and oxygen atoms in total. The van der Waals surface area contributed by atoms with E-state index in [1.54, 1.807) is 0 Å². The summed E-state index contributed by atoms with van der Waals surface area (Å²) in [6, 6.07) is 19.1. The van der Waals surface area contributed by atoms with Crippen LogP contribution < -0.4 is 0 Å². The van der Waals surface area contributed by atoms with Crippen LogP contribution in [-0.2, 0) is 12.0 Å². The molecule has 0 aliphatic carbocycles. The van der Waals surface area contributed by atoms with Crippen LogP contribution in [0.25, 0.3) is 0 Å². The third-order valence-corrected chi connectivity index (χ3v) is 3.51. The number of hydrogen-bond donors (Lipinski definition) is 0. The molecule has 0 spiro atoms. The van der Waals surface area contributed by atoms with Crippen LogP contribution in [0, 0.1) is 0 Å². The Morgan fingerprint density at radius 3 is 2.05 bits per heavy atom. The molecule has 0 saturated heterocycles. The second-order valence-corrected chi connectivity index (χ2v) is 6.21. The van der Waals surface area contributed by atoms with Crippen LogP contribution >= 0.6 is 0 Å². The van der Waals surface area contributed by atoms with E-state index in [0.29, 0.717) is 0 Å². The normalized spacial score (nSPS) is 12.5. The average Bonchev–Trinajstić information content (AvgIpc) is 2.45. The van der Waals surface area contributed by atoms with Gasteiger partial charge in [0.05, 0.1) is 6.54 Å². The molecule has 2 rings (SSSR count). The van der Waals surface area contributed by atoms with E-state index >= 15 is 0 Å². The Kier molecular flexibility index (Phi) is 4.39. The summed E-state index contributed by atoms with van der Waals surface area (Å²) < 4.78 is 0. The third-order valence-electron chi connectivity index (χ3n) is 3.51. The number of benzene rings is 2. The number of nitrogens with zero attached hydrogens (tertiary/aromatic N) is 1. The Hall–Kier alpha value is -1.89. The monoisotopic (exact) mass is 265 g/mol. The minimum atomic E-state index is 0.202. The number of rotatable bonds is 3. The van der Waals surface area contributed by atoms with Crippen LogP contribution in [0.15, 0.2) is 59.6 Å². The molecular weight excluding hydrogens is 242 g/mol. The molecule has 0 heterocycles. The molecule has 0 fully saturated rings. The highest BCUT2D eigenvalue weighted by Crippen LogP contribution is 2.22. The lowest BCUT2D eigenvalue weighted by molar-refractivity contribution is 0.590. The van der Waals surface area contributed by atoms with Crippen LogP contribution in [0.2, 0.25) is 0 Å². The van der Waals surface area contributed by atoms with Crippen molar-refractivity contribution in [3.8, 4) is 0 Å². The van der Waals surface area contributed by atoms with E-state index in [9.17, 15) is 0 Å². The van der Waals surface area contributed by atoms with E-state index in [4.69, 9.17) is 0 Å². The lowest BCUT2D eigenvalue weighted by atomic mass is 9.86. The maximum absolute atomic E-state index is 4.67. The fourth-order valence-corrected chi connectivity index (χ4v) is 2.10. The van der Waals surface area contributed by atoms with Gasteiger partial charge < -0.3 is 0 Å². The first kappa shape index (κ1) is 14.5. The highest BCUT2D eigenvalue weighted by molar-refractivity contribution is 5.98. The Balaban J connectivity index is 2.11. The Bertz CT molecular complexity index is 571. The van der Waals surface area contributed by atoms with Crippen molar-refractivity contribution in [2.45, 2.75) is 39.7 Å². The van der Waals surface area contributed by atoms with E-state index in [1.165, 1.54) is 16.7 Å². The van der Waals surface area contributed by atoms with Gasteiger partial charge in [0.2, 0.25) is 0 Å². The molecule has 20 heavy (non-hydrogen) atoms. The largest absolute Gasteiger partial charge is 0.285 e. The summed E-state index contributed by atoms with van der Waals surface area (Å²) in [5.74, 6) is 0. The third kappa shape index (κ3) is 3.80. The minimum Gasteiger partial charge on any atom is -0.285 e. The van der Waals surface area contributed by atoms with E-state index in [1.807, 2.05) is 6.07 Å². The fraction of sp³-hybridized carbons (Fsp3) is 0.316. The quantitative estimate of drug-likeness (QED) is 0.693. The lowest BCUT2D eigenvalue weighted by Gasteiger charge is -2.19. The fourth-order valence-electron chi connectivity index (χ4n) is 2.10. The predicted molar refractivity (Wildman–Crippen MR) is 87.5 cm³/mol. The molecule has 104 valence electrons. The van der Waals surface area contributed by atoms with Crippen molar-refractivity contribution in [3.05, 3.63) is 71.3 Å². The van der Waals surface area contributed by atoms with Crippen molar-refractivity contribution in [2.75, 3.05) is 0 Å². The number of hydrogen-bond acceptors (Lipinski definition) is 1. The zero-order valence-electron chi connectivity index (χ0n) is 12.9. The predicted octanol–water partition coefficient (Wildman–Crippen LogP) is 4.99. The lowest BCUT2D eigenvalue weighted by Crippen LogP contribution is -2.11. The van der Waals surface area contributed by atoms with E-state index in [2.05, 4.69) is 81.2 Å². The molecule has 1 heteroatoms. The highest BCUT2D eigenvalue weighted by Gasteiger charge is 2.12. The van der Waals surface area contributed by atoms with Gasteiger partial charge in [-0.05, 0) is 29.0 Å². The smallest absolute Gasteiger partial charge is 0.0643 e. The summed E-state index contributed by atoms with van der Waals surface area (Å²) in [5.41, 5.74) is 5.10. The molecule has 0 N–H and O–H groups in total. The molecule has 0 atom stereocenters. The van der Waals surface area contributed by atoms with Crippen LogP contribution in [0.1, 0.15) is 44.4 Å². The standard InChI is InChI=1S/C19H23N/c1-15(20-14-16-8-6-5-7-9-16)17-10-12-18(13-11-17)19(2,3)4/h5-13H,14H2,1-4H3/b20-15+. The van der Waals surface area contributed by atoms with E-state index in [0.717, 1.165) is 12.3 Å². The second kappa shape index (κ2) is 6.04. The van der Waals surface area contributed by atoms with Gasteiger partial charge in [0.15, 0.2) is 0 Å². The average molecular weight is 265 g/mol. The molecule has 0 aromatic heterocycles. The maximum Gasteiger partial charge on any atom is 0.0643 e. The summed E-state index contributed by atoms with van der Waals surface area (Å²) in [6.07, 6.45) is 0. The molecule has 2 aromatic carbocycles. The molecule has 0 aliphatic rings. The highest BCUT2D eigenvalue weighted by atomic mass is 14.7. The van der Waals surface area contributed by atoms with Crippen molar-refractivity contribution in [3.63, 3.8) is 0 Å². The molecular formula is C19H23N. The number of aliphatic imine (C=N–C) groups is 1. The topological polar surface area (TPSA) is 12.4 Å².